The highest BCUT2D eigenvalue weighted by Gasteiger charge is 2.32. The number of methoxy groups -OCH3 is 1. The maximum Gasteiger partial charge on any atom is 0.122 e. The Labute approximate surface area is 118 Å². The normalized spacial score (nSPS) is 27.4. The van der Waals surface area contributed by atoms with Gasteiger partial charge in [0.15, 0.2) is 0 Å². The summed E-state index contributed by atoms with van der Waals surface area (Å²) < 4.78 is 6.60. The van der Waals surface area contributed by atoms with Gasteiger partial charge < -0.3 is 10.1 Å². The molecule has 3 heteroatoms. The van der Waals surface area contributed by atoms with Crippen LogP contribution in [0.25, 0.3) is 0 Å². The van der Waals surface area contributed by atoms with Gasteiger partial charge in [0, 0.05) is 10.5 Å². The second-order valence-electron chi connectivity index (χ2n) is 5.25. The first-order chi connectivity index (χ1) is 8.65. The molecule has 3 unspecified atom stereocenters. The average Bonchev–Trinajstić information content (AvgIpc) is 2.71. The highest BCUT2D eigenvalue weighted by atomic mass is 79.9. The van der Waals surface area contributed by atoms with Gasteiger partial charge in [-0.2, -0.15) is 0 Å². The molecule has 2 nitrogen and oxygen atoms in total. The number of hydrogen-bond donors (Lipinski definition) is 1. The molecule has 1 aromatic carbocycles. The van der Waals surface area contributed by atoms with E-state index >= 15 is 0 Å². The minimum atomic E-state index is 0.674. The van der Waals surface area contributed by atoms with Gasteiger partial charge in [0.1, 0.15) is 5.75 Å². The van der Waals surface area contributed by atoms with Crippen LogP contribution in [0.4, 0.5) is 0 Å². The van der Waals surface area contributed by atoms with Crippen molar-refractivity contribution >= 4 is 15.9 Å². The van der Waals surface area contributed by atoms with Crippen LogP contribution < -0.4 is 10.1 Å². The summed E-state index contributed by atoms with van der Waals surface area (Å²) in [5.41, 5.74) is 1.32. The molecule has 0 heterocycles. The number of rotatable bonds is 4. The quantitative estimate of drug-likeness (QED) is 0.916. The van der Waals surface area contributed by atoms with Crippen LogP contribution in [0, 0.1) is 11.8 Å². The Hall–Kier alpha value is -0.540. The zero-order chi connectivity index (χ0) is 13.1. The number of nitrogens with one attached hydrogen (secondary N) is 1. The zero-order valence-electron chi connectivity index (χ0n) is 11.4. The molecule has 1 aliphatic rings. The van der Waals surface area contributed by atoms with Crippen molar-refractivity contribution in [3.63, 3.8) is 0 Å². The zero-order valence-corrected chi connectivity index (χ0v) is 13.0. The monoisotopic (exact) mass is 311 g/mol. The van der Waals surface area contributed by atoms with Gasteiger partial charge in [-0.1, -0.05) is 22.9 Å². The Morgan fingerprint density at radius 2 is 2.17 bits per heavy atom. The fourth-order valence-electron chi connectivity index (χ4n) is 3.13. The summed E-state index contributed by atoms with van der Waals surface area (Å²) in [5, 5.41) is 3.43. The van der Waals surface area contributed by atoms with Crippen LogP contribution in [-0.2, 0) is 6.42 Å². The summed E-state index contributed by atoms with van der Waals surface area (Å²) >= 11 is 3.55. The van der Waals surface area contributed by atoms with Crippen molar-refractivity contribution in [2.24, 2.45) is 11.8 Å². The van der Waals surface area contributed by atoms with Crippen LogP contribution in [0.1, 0.15) is 25.3 Å². The molecule has 100 valence electrons. The predicted molar refractivity (Wildman–Crippen MR) is 79.1 cm³/mol. The van der Waals surface area contributed by atoms with Gasteiger partial charge in [0.2, 0.25) is 0 Å². The van der Waals surface area contributed by atoms with Gasteiger partial charge in [-0.15, -0.1) is 0 Å². The van der Waals surface area contributed by atoms with Gasteiger partial charge in [-0.05, 0) is 61.9 Å². The Morgan fingerprint density at radius 3 is 2.78 bits per heavy atom. The average molecular weight is 312 g/mol. The van der Waals surface area contributed by atoms with Crippen LogP contribution in [0.15, 0.2) is 22.7 Å². The number of ether oxygens (including phenoxy) is 1. The highest BCUT2D eigenvalue weighted by Crippen LogP contribution is 2.36. The Balaban J connectivity index is 2.12. The Bertz CT molecular complexity index is 407. The summed E-state index contributed by atoms with van der Waals surface area (Å²) in [6.07, 6.45) is 3.71. The van der Waals surface area contributed by atoms with E-state index < -0.39 is 0 Å². The molecule has 1 aromatic rings. The summed E-state index contributed by atoms with van der Waals surface area (Å²) in [5.74, 6) is 2.50. The second-order valence-corrected chi connectivity index (χ2v) is 6.17. The Morgan fingerprint density at radius 1 is 1.39 bits per heavy atom. The molecule has 0 aromatic heterocycles. The highest BCUT2D eigenvalue weighted by molar-refractivity contribution is 9.10. The first kappa shape index (κ1) is 13.9. The van der Waals surface area contributed by atoms with E-state index in [1.54, 1.807) is 7.11 Å². The van der Waals surface area contributed by atoms with Crippen molar-refractivity contribution in [1.29, 1.82) is 0 Å². The predicted octanol–water partition coefficient (Wildman–Crippen LogP) is 3.63. The van der Waals surface area contributed by atoms with Gasteiger partial charge in [0.25, 0.3) is 0 Å². The minimum Gasteiger partial charge on any atom is -0.496 e. The number of halogens is 1. The van der Waals surface area contributed by atoms with Gasteiger partial charge in [-0.25, -0.2) is 0 Å². The molecule has 0 bridgehead atoms. The van der Waals surface area contributed by atoms with Crippen LogP contribution in [0.3, 0.4) is 0 Å². The van der Waals surface area contributed by atoms with Gasteiger partial charge in [-0.3, -0.25) is 0 Å². The molecule has 0 aliphatic heterocycles. The third kappa shape index (κ3) is 2.89. The molecule has 0 amide bonds. The summed E-state index contributed by atoms with van der Waals surface area (Å²) in [6, 6.07) is 6.96. The molecular formula is C15H22BrNO. The van der Waals surface area contributed by atoms with E-state index in [4.69, 9.17) is 4.74 Å². The molecule has 0 spiro atoms. The molecule has 2 rings (SSSR count). The first-order valence-electron chi connectivity index (χ1n) is 6.65. The largest absolute Gasteiger partial charge is 0.496 e. The third-order valence-corrected chi connectivity index (χ3v) is 4.82. The molecule has 1 saturated carbocycles. The van der Waals surface area contributed by atoms with Gasteiger partial charge in [0.05, 0.1) is 7.11 Å². The molecule has 1 N–H and O–H groups in total. The van der Waals surface area contributed by atoms with Crippen LogP contribution in [0.2, 0.25) is 0 Å². The van der Waals surface area contributed by atoms with Crippen LogP contribution in [0.5, 0.6) is 5.75 Å². The van der Waals surface area contributed by atoms with E-state index in [9.17, 15) is 0 Å². The summed E-state index contributed by atoms with van der Waals surface area (Å²) in [7, 11) is 3.82. The lowest BCUT2D eigenvalue weighted by atomic mass is 9.89. The molecule has 0 radical (unpaired) electrons. The van der Waals surface area contributed by atoms with Crippen molar-refractivity contribution in [3.8, 4) is 5.75 Å². The van der Waals surface area contributed by atoms with E-state index in [1.807, 2.05) is 6.07 Å². The van der Waals surface area contributed by atoms with E-state index in [1.165, 1.54) is 18.4 Å². The van der Waals surface area contributed by atoms with E-state index in [2.05, 4.69) is 47.4 Å². The van der Waals surface area contributed by atoms with Gasteiger partial charge >= 0.3 is 0 Å². The van der Waals surface area contributed by atoms with Crippen molar-refractivity contribution in [3.05, 3.63) is 28.2 Å². The lowest BCUT2D eigenvalue weighted by molar-refractivity contribution is 0.355. The van der Waals surface area contributed by atoms with Crippen molar-refractivity contribution in [2.75, 3.05) is 14.2 Å². The molecule has 3 atom stereocenters. The van der Waals surface area contributed by atoms with Crippen molar-refractivity contribution < 1.29 is 4.74 Å². The lowest BCUT2D eigenvalue weighted by Crippen LogP contribution is -2.29. The standard InChI is InChI=1S/C15H22BrNO/c1-10-11(4-6-14(10)17-2)8-12-9-13(16)5-7-15(12)18-3/h5,7,9-11,14,17H,4,6,8H2,1-3H3. The third-order valence-electron chi connectivity index (χ3n) is 4.32. The van der Waals surface area contributed by atoms with Crippen LogP contribution >= 0.6 is 15.9 Å². The minimum absolute atomic E-state index is 0.674. The van der Waals surface area contributed by atoms with E-state index in [0.717, 1.165) is 28.5 Å². The fraction of sp³-hybridized carbons (Fsp3) is 0.600. The maximum absolute atomic E-state index is 5.46. The van der Waals surface area contributed by atoms with Crippen LogP contribution in [-0.4, -0.2) is 20.2 Å². The number of benzene rings is 1. The molecule has 1 aliphatic carbocycles. The SMILES string of the molecule is CNC1CCC(Cc2cc(Br)ccc2OC)C1C. The molecule has 1 fully saturated rings. The molecule has 0 saturated heterocycles. The van der Waals surface area contributed by atoms with Crippen molar-refractivity contribution in [2.45, 2.75) is 32.2 Å². The summed E-state index contributed by atoms with van der Waals surface area (Å²) in [6.45, 7) is 2.36. The fourth-order valence-corrected chi connectivity index (χ4v) is 3.54. The molecular weight excluding hydrogens is 290 g/mol. The Kier molecular flexibility index (Phi) is 4.68. The first-order valence-corrected chi connectivity index (χ1v) is 7.44. The van der Waals surface area contributed by atoms with Crippen molar-refractivity contribution in [1.82, 2.24) is 5.32 Å². The summed E-state index contributed by atoms with van der Waals surface area (Å²) in [4.78, 5) is 0. The maximum atomic E-state index is 5.46. The van der Waals surface area contributed by atoms with E-state index in [-0.39, 0.29) is 0 Å². The lowest BCUT2D eigenvalue weighted by Gasteiger charge is -2.21. The smallest absolute Gasteiger partial charge is 0.122 e. The number of hydrogen-bond acceptors (Lipinski definition) is 2. The second kappa shape index (κ2) is 6.07. The van der Waals surface area contributed by atoms with E-state index in [0.29, 0.717) is 6.04 Å². The topological polar surface area (TPSA) is 21.3 Å². The molecule has 18 heavy (non-hydrogen) atoms.